The highest BCUT2D eigenvalue weighted by atomic mass is 127. The zero-order valence-electron chi connectivity index (χ0n) is 17.9. The highest BCUT2D eigenvalue weighted by Crippen LogP contribution is 2.29. The Balaban J connectivity index is 0.00000300. The largest absolute Gasteiger partial charge is 0.378 e. The molecule has 2 saturated heterocycles. The number of morpholine rings is 1. The second kappa shape index (κ2) is 11.2. The van der Waals surface area contributed by atoms with Gasteiger partial charge in [-0.2, -0.15) is 0 Å². The van der Waals surface area contributed by atoms with Crippen LogP contribution >= 0.6 is 24.0 Å². The van der Waals surface area contributed by atoms with Crippen molar-refractivity contribution in [2.45, 2.75) is 33.1 Å². The van der Waals surface area contributed by atoms with Gasteiger partial charge in [-0.15, -0.1) is 24.0 Å². The van der Waals surface area contributed by atoms with Gasteiger partial charge in [-0.05, 0) is 24.3 Å². The number of amides is 1. The fourth-order valence-electron chi connectivity index (χ4n) is 3.91. The van der Waals surface area contributed by atoms with E-state index >= 15 is 0 Å². The van der Waals surface area contributed by atoms with Crippen LogP contribution in [-0.2, 0) is 9.53 Å². The molecule has 1 unspecified atom stereocenters. The van der Waals surface area contributed by atoms with Gasteiger partial charge in [0, 0.05) is 32.7 Å². The number of nitrogens with one attached hydrogen (secondary N) is 1. The van der Waals surface area contributed by atoms with Crippen LogP contribution in [0.25, 0.3) is 0 Å². The van der Waals surface area contributed by atoms with Gasteiger partial charge >= 0.3 is 0 Å². The van der Waals surface area contributed by atoms with E-state index in [4.69, 9.17) is 9.73 Å². The number of hydrogen-bond donors (Lipinski definition) is 1. The lowest BCUT2D eigenvalue weighted by Gasteiger charge is -2.30. The highest BCUT2D eigenvalue weighted by Gasteiger charge is 2.32. The van der Waals surface area contributed by atoms with Crippen molar-refractivity contribution in [1.82, 2.24) is 15.1 Å². The molecule has 1 aromatic rings. The quantitative estimate of drug-likeness (QED) is 0.373. The second-order valence-electron chi connectivity index (χ2n) is 8.43. The number of nitrogens with zero attached hydrogens (tertiary/aromatic N) is 3. The number of hydrogen-bond acceptors (Lipinski definition) is 3. The van der Waals surface area contributed by atoms with Crippen molar-refractivity contribution in [3.8, 4) is 0 Å². The number of guanidine groups is 1. The molecule has 0 saturated carbocycles. The van der Waals surface area contributed by atoms with Crippen molar-refractivity contribution in [3.63, 3.8) is 0 Å². The van der Waals surface area contributed by atoms with Gasteiger partial charge in [0.15, 0.2) is 5.96 Å². The van der Waals surface area contributed by atoms with Crippen LogP contribution in [0.4, 0.5) is 0 Å². The van der Waals surface area contributed by atoms with Crippen molar-refractivity contribution < 1.29 is 9.53 Å². The molecule has 7 heteroatoms. The first-order valence-electron chi connectivity index (χ1n) is 10.4. The zero-order chi connectivity index (χ0) is 20.0. The summed E-state index contributed by atoms with van der Waals surface area (Å²) < 4.78 is 5.41. The number of likely N-dealkylation sites (tertiary alicyclic amines) is 1. The van der Waals surface area contributed by atoms with Crippen LogP contribution in [0.2, 0.25) is 0 Å². The normalized spacial score (nSPS) is 20.2. The summed E-state index contributed by atoms with van der Waals surface area (Å²) in [7, 11) is 0. The second-order valence-corrected chi connectivity index (χ2v) is 8.43. The lowest BCUT2D eigenvalue weighted by atomic mass is 9.93. The van der Waals surface area contributed by atoms with E-state index in [1.165, 1.54) is 0 Å². The van der Waals surface area contributed by atoms with Crippen LogP contribution in [0.15, 0.2) is 35.3 Å². The van der Waals surface area contributed by atoms with Crippen molar-refractivity contribution in [2.75, 3.05) is 52.5 Å². The summed E-state index contributed by atoms with van der Waals surface area (Å²) in [5, 5.41) is 3.42. The fraction of sp³-hybridized carbons (Fsp3) is 0.636. The lowest BCUT2D eigenvalue weighted by molar-refractivity contribution is -0.136. The van der Waals surface area contributed by atoms with E-state index in [-0.39, 0.29) is 35.8 Å². The molecule has 1 atom stereocenters. The molecule has 0 radical (unpaired) electrons. The van der Waals surface area contributed by atoms with Crippen LogP contribution in [0.5, 0.6) is 0 Å². The highest BCUT2D eigenvalue weighted by molar-refractivity contribution is 14.0. The van der Waals surface area contributed by atoms with Crippen LogP contribution in [0.1, 0.15) is 38.7 Å². The van der Waals surface area contributed by atoms with Crippen molar-refractivity contribution in [1.29, 1.82) is 0 Å². The van der Waals surface area contributed by atoms with E-state index in [0.29, 0.717) is 38.3 Å². The topological polar surface area (TPSA) is 57.2 Å². The van der Waals surface area contributed by atoms with Gasteiger partial charge in [0.1, 0.15) is 0 Å². The zero-order valence-corrected chi connectivity index (χ0v) is 20.2. The fourth-order valence-corrected chi connectivity index (χ4v) is 3.91. The molecule has 2 fully saturated rings. The van der Waals surface area contributed by atoms with E-state index in [1.54, 1.807) is 0 Å². The summed E-state index contributed by atoms with van der Waals surface area (Å²) in [5.74, 6) is 0.809. The molecule has 0 bridgehead atoms. The molecule has 2 aliphatic heterocycles. The van der Waals surface area contributed by atoms with E-state index in [1.807, 2.05) is 35.2 Å². The molecule has 0 aromatic heterocycles. The third-order valence-corrected chi connectivity index (χ3v) is 5.56. The van der Waals surface area contributed by atoms with Crippen molar-refractivity contribution >= 4 is 35.8 Å². The summed E-state index contributed by atoms with van der Waals surface area (Å²) in [6.07, 6.45) is 1.16. The van der Waals surface area contributed by atoms with Gasteiger partial charge < -0.3 is 19.9 Å². The Kier molecular flexibility index (Phi) is 9.20. The Morgan fingerprint density at radius 3 is 2.45 bits per heavy atom. The SMILES string of the molecule is CCNC(=NCC(C(=O)N1CCOCC1)c1ccccc1)N1CCC(C)(C)C1.I. The number of carbonyl (C=O) groups excluding carboxylic acids is 1. The third-order valence-electron chi connectivity index (χ3n) is 5.56. The molecule has 1 N–H and O–H groups in total. The third kappa shape index (κ3) is 6.57. The van der Waals surface area contributed by atoms with Gasteiger partial charge in [-0.3, -0.25) is 9.79 Å². The average molecular weight is 514 g/mol. The van der Waals surface area contributed by atoms with E-state index in [9.17, 15) is 4.79 Å². The molecule has 29 heavy (non-hydrogen) atoms. The van der Waals surface area contributed by atoms with Gasteiger partial charge in [0.25, 0.3) is 0 Å². The first-order valence-corrected chi connectivity index (χ1v) is 10.4. The standard InChI is InChI=1S/C22H34N4O2.HI/c1-4-23-21(26-11-10-22(2,3)17-26)24-16-19(18-8-6-5-7-9-18)20(27)25-12-14-28-15-13-25;/h5-9,19H,4,10-17H2,1-3H3,(H,23,24);1H. The molecule has 0 aliphatic carbocycles. The van der Waals surface area contributed by atoms with Gasteiger partial charge in [-0.1, -0.05) is 44.2 Å². The number of benzene rings is 1. The molecule has 162 valence electrons. The summed E-state index contributed by atoms with van der Waals surface area (Å²) in [6, 6.07) is 10.0. The lowest BCUT2D eigenvalue weighted by Crippen LogP contribution is -2.44. The molecule has 0 spiro atoms. The number of halogens is 1. The van der Waals surface area contributed by atoms with Gasteiger partial charge in [-0.25, -0.2) is 0 Å². The number of carbonyl (C=O) groups is 1. The predicted octanol–water partition coefficient (Wildman–Crippen LogP) is 2.94. The van der Waals surface area contributed by atoms with Gasteiger partial charge in [0.2, 0.25) is 5.91 Å². The number of ether oxygens (including phenoxy) is 1. The monoisotopic (exact) mass is 514 g/mol. The Hall–Kier alpha value is -1.35. The minimum absolute atomic E-state index is 0. The van der Waals surface area contributed by atoms with Crippen molar-refractivity contribution in [2.24, 2.45) is 10.4 Å². The molecule has 3 rings (SSSR count). The Labute approximate surface area is 192 Å². The maximum Gasteiger partial charge on any atom is 0.232 e. The predicted molar refractivity (Wildman–Crippen MR) is 128 cm³/mol. The smallest absolute Gasteiger partial charge is 0.232 e. The Morgan fingerprint density at radius 2 is 1.86 bits per heavy atom. The number of aliphatic imine (C=N–C) groups is 1. The van der Waals surface area contributed by atoms with E-state index in [2.05, 4.69) is 31.0 Å². The molecular formula is C22H35IN4O2. The first-order chi connectivity index (χ1) is 13.5. The summed E-state index contributed by atoms with van der Waals surface area (Å²) in [5.41, 5.74) is 1.33. The van der Waals surface area contributed by atoms with Crippen LogP contribution in [-0.4, -0.2) is 74.1 Å². The molecule has 1 aromatic carbocycles. The molecule has 1 amide bonds. The minimum atomic E-state index is -0.261. The van der Waals surface area contributed by atoms with E-state index < -0.39 is 0 Å². The van der Waals surface area contributed by atoms with Crippen LogP contribution in [0.3, 0.4) is 0 Å². The van der Waals surface area contributed by atoms with E-state index in [0.717, 1.165) is 37.6 Å². The van der Waals surface area contributed by atoms with Crippen LogP contribution < -0.4 is 5.32 Å². The first kappa shape index (κ1) is 23.9. The summed E-state index contributed by atoms with van der Waals surface area (Å²) in [6.45, 7) is 12.5. The maximum absolute atomic E-state index is 13.3. The Bertz CT molecular complexity index is 675. The van der Waals surface area contributed by atoms with Crippen molar-refractivity contribution in [3.05, 3.63) is 35.9 Å². The summed E-state index contributed by atoms with van der Waals surface area (Å²) >= 11 is 0. The molecule has 2 heterocycles. The number of rotatable bonds is 5. The summed E-state index contributed by atoms with van der Waals surface area (Å²) in [4.78, 5) is 22.4. The molecule has 6 nitrogen and oxygen atoms in total. The average Bonchev–Trinajstić information content (AvgIpc) is 3.08. The van der Waals surface area contributed by atoms with Crippen LogP contribution in [0, 0.1) is 5.41 Å². The van der Waals surface area contributed by atoms with Gasteiger partial charge in [0.05, 0.1) is 25.7 Å². The Morgan fingerprint density at radius 1 is 1.17 bits per heavy atom. The maximum atomic E-state index is 13.3. The minimum Gasteiger partial charge on any atom is -0.378 e. The molecular weight excluding hydrogens is 479 g/mol. The molecule has 2 aliphatic rings.